The van der Waals surface area contributed by atoms with E-state index in [2.05, 4.69) is 46.5 Å². The maximum Gasteiger partial charge on any atom is 0.130 e. The molecule has 0 aliphatic carbocycles. The molecule has 0 aliphatic rings. The van der Waals surface area contributed by atoms with Crippen molar-refractivity contribution in [2.75, 3.05) is 5.32 Å². The molecule has 17 heavy (non-hydrogen) atoms. The summed E-state index contributed by atoms with van der Waals surface area (Å²) < 4.78 is 0. The second-order valence-corrected chi connectivity index (χ2v) is 4.28. The van der Waals surface area contributed by atoms with Gasteiger partial charge in [0.25, 0.3) is 0 Å². The van der Waals surface area contributed by atoms with Crippen LogP contribution in [0.2, 0.25) is 0 Å². The van der Waals surface area contributed by atoms with Crippen LogP contribution in [-0.2, 0) is 6.54 Å². The molecule has 1 heterocycles. The van der Waals surface area contributed by atoms with Gasteiger partial charge in [0.1, 0.15) is 11.6 Å². The molecule has 0 amide bonds. The van der Waals surface area contributed by atoms with E-state index in [9.17, 15) is 0 Å². The zero-order valence-electron chi connectivity index (χ0n) is 10.5. The van der Waals surface area contributed by atoms with Crippen molar-refractivity contribution in [2.24, 2.45) is 0 Å². The van der Waals surface area contributed by atoms with Gasteiger partial charge in [-0.2, -0.15) is 0 Å². The summed E-state index contributed by atoms with van der Waals surface area (Å²) in [6, 6.07) is 10.5. The summed E-state index contributed by atoms with van der Waals surface area (Å²) in [6.07, 6.45) is 0. The smallest absolute Gasteiger partial charge is 0.130 e. The predicted molar refractivity (Wildman–Crippen MR) is 70.0 cm³/mol. The monoisotopic (exact) mass is 227 g/mol. The second-order valence-electron chi connectivity index (χ2n) is 4.28. The van der Waals surface area contributed by atoms with E-state index >= 15 is 0 Å². The number of nitrogens with zero attached hydrogens (tertiary/aromatic N) is 2. The minimum atomic E-state index is 0.788. The summed E-state index contributed by atoms with van der Waals surface area (Å²) in [7, 11) is 0. The van der Waals surface area contributed by atoms with E-state index < -0.39 is 0 Å². The van der Waals surface area contributed by atoms with Crippen molar-refractivity contribution in [1.82, 2.24) is 9.97 Å². The van der Waals surface area contributed by atoms with Gasteiger partial charge in [0, 0.05) is 18.3 Å². The lowest BCUT2D eigenvalue weighted by atomic mass is 10.1. The van der Waals surface area contributed by atoms with Gasteiger partial charge >= 0.3 is 0 Å². The molecule has 2 rings (SSSR count). The van der Waals surface area contributed by atoms with Crippen LogP contribution in [-0.4, -0.2) is 9.97 Å². The van der Waals surface area contributed by atoms with Crippen molar-refractivity contribution in [1.29, 1.82) is 0 Å². The van der Waals surface area contributed by atoms with Crippen LogP contribution >= 0.6 is 0 Å². The fraction of sp³-hybridized carbons (Fsp3) is 0.286. The van der Waals surface area contributed by atoms with Crippen LogP contribution in [0.1, 0.15) is 22.6 Å². The average molecular weight is 227 g/mol. The number of nitrogens with one attached hydrogen (secondary N) is 1. The van der Waals surface area contributed by atoms with Gasteiger partial charge in [-0.15, -0.1) is 0 Å². The number of hydrogen-bond donors (Lipinski definition) is 1. The molecule has 3 heteroatoms. The lowest BCUT2D eigenvalue weighted by molar-refractivity contribution is 0.991. The molecule has 0 saturated carbocycles. The van der Waals surface area contributed by atoms with Gasteiger partial charge < -0.3 is 5.32 Å². The van der Waals surface area contributed by atoms with Crippen LogP contribution in [0.25, 0.3) is 0 Å². The summed E-state index contributed by atoms with van der Waals surface area (Å²) in [6.45, 7) is 6.76. The Morgan fingerprint density at radius 2 is 1.71 bits per heavy atom. The molecular weight excluding hydrogens is 210 g/mol. The van der Waals surface area contributed by atoms with E-state index in [0.29, 0.717) is 0 Å². The summed E-state index contributed by atoms with van der Waals surface area (Å²) >= 11 is 0. The third-order valence-electron chi connectivity index (χ3n) is 2.56. The van der Waals surface area contributed by atoms with E-state index in [4.69, 9.17) is 0 Å². The van der Waals surface area contributed by atoms with Gasteiger partial charge in [-0.25, -0.2) is 9.97 Å². The summed E-state index contributed by atoms with van der Waals surface area (Å²) in [5.74, 6) is 1.69. The van der Waals surface area contributed by atoms with Crippen LogP contribution in [0.4, 0.5) is 5.82 Å². The number of hydrogen-bond acceptors (Lipinski definition) is 3. The third-order valence-corrected chi connectivity index (χ3v) is 2.56. The molecule has 1 aromatic carbocycles. The SMILES string of the molecule is Cc1ccc(CNc2cc(C)nc(C)n2)cc1. The number of aryl methyl sites for hydroxylation is 3. The standard InChI is InChI=1S/C14H17N3/c1-10-4-6-13(7-5-10)9-15-14-8-11(2)16-12(3)17-14/h4-8H,9H2,1-3H3,(H,15,16,17). The van der Waals surface area contributed by atoms with Crippen molar-refractivity contribution in [3.05, 3.63) is 53.0 Å². The zero-order valence-corrected chi connectivity index (χ0v) is 10.5. The zero-order chi connectivity index (χ0) is 12.3. The van der Waals surface area contributed by atoms with E-state index in [0.717, 1.165) is 23.9 Å². The highest BCUT2D eigenvalue weighted by atomic mass is 15.0. The number of benzene rings is 1. The fourth-order valence-corrected chi connectivity index (χ4v) is 1.71. The Kier molecular flexibility index (Phi) is 3.38. The Hall–Kier alpha value is -1.90. The Morgan fingerprint density at radius 1 is 1.00 bits per heavy atom. The molecule has 1 aromatic heterocycles. The molecule has 2 aromatic rings. The molecule has 0 spiro atoms. The lowest BCUT2D eigenvalue weighted by Crippen LogP contribution is -2.03. The first-order chi connectivity index (χ1) is 8.13. The summed E-state index contributed by atoms with van der Waals surface area (Å²) in [5, 5.41) is 3.31. The molecule has 0 radical (unpaired) electrons. The van der Waals surface area contributed by atoms with Gasteiger partial charge in [-0.3, -0.25) is 0 Å². The molecular formula is C14H17N3. The topological polar surface area (TPSA) is 37.8 Å². The summed E-state index contributed by atoms with van der Waals surface area (Å²) in [4.78, 5) is 8.59. The van der Waals surface area contributed by atoms with Crippen molar-refractivity contribution >= 4 is 5.82 Å². The highest BCUT2D eigenvalue weighted by molar-refractivity contribution is 5.37. The molecule has 0 saturated heterocycles. The molecule has 0 fully saturated rings. The molecule has 0 unspecified atom stereocenters. The van der Waals surface area contributed by atoms with Gasteiger partial charge in [-0.05, 0) is 26.3 Å². The Balaban J connectivity index is 2.04. The van der Waals surface area contributed by atoms with Crippen molar-refractivity contribution in [3.63, 3.8) is 0 Å². The second kappa shape index (κ2) is 4.95. The maximum atomic E-state index is 4.34. The van der Waals surface area contributed by atoms with Crippen molar-refractivity contribution < 1.29 is 0 Å². The number of rotatable bonds is 3. The Bertz CT molecular complexity index is 483. The lowest BCUT2D eigenvalue weighted by Gasteiger charge is -2.07. The fourth-order valence-electron chi connectivity index (χ4n) is 1.71. The quantitative estimate of drug-likeness (QED) is 0.875. The van der Waals surface area contributed by atoms with E-state index in [1.165, 1.54) is 11.1 Å². The first kappa shape index (κ1) is 11.6. The molecule has 0 atom stereocenters. The van der Waals surface area contributed by atoms with E-state index in [1.807, 2.05) is 19.9 Å². The van der Waals surface area contributed by atoms with Crippen molar-refractivity contribution in [3.8, 4) is 0 Å². The molecule has 1 N–H and O–H groups in total. The highest BCUT2D eigenvalue weighted by Gasteiger charge is 1.98. The van der Waals surface area contributed by atoms with Gasteiger partial charge in [0.05, 0.1) is 0 Å². The molecule has 0 bridgehead atoms. The molecule has 3 nitrogen and oxygen atoms in total. The normalized spacial score (nSPS) is 10.3. The Labute approximate surface area is 102 Å². The maximum absolute atomic E-state index is 4.34. The predicted octanol–water partition coefficient (Wildman–Crippen LogP) is 3.01. The molecule has 88 valence electrons. The van der Waals surface area contributed by atoms with Gasteiger partial charge in [0.15, 0.2) is 0 Å². The summed E-state index contributed by atoms with van der Waals surface area (Å²) in [5.41, 5.74) is 3.52. The Morgan fingerprint density at radius 3 is 2.35 bits per heavy atom. The van der Waals surface area contributed by atoms with E-state index in [-0.39, 0.29) is 0 Å². The van der Waals surface area contributed by atoms with Gasteiger partial charge in [-0.1, -0.05) is 29.8 Å². The molecule has 0 aliphatic heterocycles. The van der Waals surface area contributed by atoms with Gasteiger partial charge in [0.2, 0.25) is 0 Å². The highest BCUT2D eigenvalue weighted by Crippen LogP contribution is 2.09. The number of anilines is 1. The van der Waals surface area contributed by atoms with Crippen LogP contribution in [0.3, 0.4) is 0 Å². The average Bonchev–Trinajstić information content (AvgIpc) is 2.27. The largest absolute Gasteiger partial charge is 0.366 e. The van der Waals surface area contributed by atoms with E-state index in [1.54, 1.807) is 0 Å². The van der Waals surface area contributed by atoms with Crippen LogP contribution in [0.15, 0.2) is 30.3 Å². The minimum Gasteiger partial charge on any atom is -0.366 e. The third kappa shape index (κ3) is 3.28. The van der Waals surface area contributed by atoms with Crippen LogP contribution < -0.4 is 5.32 Å². The van der Waals surface area contributed by atoms with Crippen LogP contribution in [0.5, 0.6) is 0 Å². The first-order valence-electron chi connectivity index (χ1n) is 5.75. The first-order valence-corrected chi connectivity index (χ1v) is 5.75. The number of aromatic nitrogens is 2. The van der Waals surface area contributed by atoms with Crippen LogP contribution in [0, 0.1) is 20.8 Å². The van der Waals surface area contributed by atoms with Crippen molar-refractivity contribution in [2.45, 2.75) is 27.3 Å². The minimum absolute atomic E-state index is 0.788.